The van der Waals surface area contributed by atoms with Gasteiger partial charge >= 0.3 is 0 Å². The molecule has 1 aromatic carbocycles. The Balaban J connectivity index is 1.97. The first-order valence-corrected chi connectivity index (χ1v) is 5.49. The predicted molar refractivity (Wildman–Crippen MR) is 62.6 cm³/mol. The number of carbonyl (C=O) groups is 1. The second-order valence-electron chi connectivity index (χ2n) is 4.05. The highest BCUT2D eigenvalue weighted by molar-refractivity contribution is 6.08. The maximum Gasteiger partial charge on any atom is 0.194 e. The number of carbonyl (C=O) groups excluding carboxylic acids is 1. The Bertz CT molecular complexity index is 564. The molecule has 0 atom stereocenters. The molecular weight excluding hydrogens is 214 g/mol. The van der Waals surface area contributed by atoms with Crippen LogP contribution in [0.5, 0.6) is 0 Å². The smallest absolute Gasteiger partial charge is 0.194 e. The van der Waals surface area contributed by atoms with E-state index >= 15 is 0 Å². The molecule has 17 heavy (non-hydrogen) atoms. The summed E-state index contributed by atoms with van der Waals surface area (Å²) in [6.07, 6.45) is 3.25. The minimum Gasteiger partial charge on any atom is -0.372 e. The lowest BCUT2D eigenvalue weighted by atomic mass is 10.0. The summed E-state index contributed by atoms with van der Waals surface area (Å²) in [5.74, 6) is 0.00722. The molecule has 0 bridgehead atoms. The van der Waals surface area contributed by atoms with Gasteiger partial charge < -0.3 is 4.74 Å². The fourth-order valence-corrected chi connectivity index (χ4v) is 1.98. The molecule has 3 nitrogen and oxygen atoms in total. The summed E-state index contributed by atoms with van der Waals surface area (Å²) in [4.78, 5) is 16.1. The number of hydrogen-bond acceptors (Lipinski definition) is 3. The van der Waals surface area contributed by atoms with Gasteiger partial charge in [-0.25, -0.2) is 0 Å². The maximum absolute atomic E-state index is 12.2. The molecular formula is C14H11NO2. The summed E-state index contributed by atoms with van der Waals surface area (Å²) in [5.41, 5.74) is 3.60. The Kier molecular flexibility index (Phi) is 2.46. The highest BCUT2D eigenvalue weighted by Gasteiger charge is 2.15. The Morgan fingerprint density at radius 1 is 1.12 bits per heavy atom. The Morgan fingerprint density at radius 3 is 2.82 bits per heavy atom. The van der Waals surface area contributed by atoms with E-state index in [-0.39, 0.29) is 5.78 Å². The minimum absolute atomic E-state index is 0.00722. The topological polar surface area (TPSA) is 39.2 Å². The normalized spacial score (nSPS) is 13.4. The molecule has 0 amide bonds. The van der Waals surface area contributed by atoms with Crippen LogP contribution in [0.4, 0.5) is 0 Å². The summed E-state index contributed by atoms with van der Waals surface area (Å²) in [6.45, 7) is 1.25. The van der Waals surface area contributed by atoms with Gasteiger partial charge in [-0.3, -0.25) is 9.78 Å². The van der Waals surface area contributed by atoms with Crippen LogP contribution in [0.3, 0.4) is 0 Å². The summed E-state index contributed by atoms with van der Waals surface area (Å²) in [6, 6.07) is 9.27. The molecule has 2 heterocycles. The van der Waals surface area contributed by atoms with Crippen LogP contribution in [-0.4, -0.2) is 10.8 Å². The summed E-state index contributed by atoms with van der Waals surface area (Å²) < 4.78 is 5.33. The second-order valence-corrected chi connectivity index (χ2v) is 4.05. The van der Waals surface area contributed by atoms with Crippen LogP contribution < -0.4 is 0 Å². The predicted octanol–water partition coefficient (Wildman–Crippen LogP) is 2.34. The molecule has 2 aromatic rings. The number of aromatic nitrogens is 1. The minimum atomic E-state index is 0.00722. The van der Waals surface area contributed by atoms with Crippen molar-refractivity contribution >= 4 is 5.78 Å². The number of ketones is 1. The van der Waals surface area contributed by atoms with Crippen molar-refractivity contribution in [2.75, 3.05) is 0 Å². The standard InChI is InChI=1S/C14H11NO2/c16-14(11-2-1-5-15-7-11)10-3-4-12-8-17-9-13(12)6-10/h1-7H,8-9H2. The first-order valence-electron chi connectivity index (χ1n) is 5.49. The lowest BCUT2D eigenvalue weighted by Crippen LogP contribution is -2.02. The number of hydrogen-bond donors (Lipinski definition) is 0. The van der Waals surface area contributed by atoms with Crippen molar-refractivity contribution in [1.82, 2.24) is 4.98 Å². The van der Waals surface area contributed by atoms with E-state index in [4.69, 9.17) is 4.74 Å². The molecule has 0 N–H and O–H groups in total. The fourth-order valence-electron chi connectivity index (χ4n) is 1.98. The van der Waals surface area contributed by atoms with Gasteiger partial charge in [0.1, 0.15) is 0 Å². The van der Waals surface area contributed by atoms with Crippen LogP contribution in [0.25, 0.3) is 0 Å². The van der Waals surface area contributed by atoms with E-state index in [9.17, 15) is 4.79 Å². The fraction of sp³-hybridized carbons (Fsp3) is 0.143. The third kappa shape index (κ3) is 1.85. The number of rotatable bonds is 2. The highest BCUT2D eigenvalue weighted by atomic mass is 16.5. The van der Waals surface area contributed by atoms with Gasteiger partial charge in [0.25, 0.3) is 0 Å². The number of nitrogens with zero attached hydrogens (tertiary/aromatic N) is 1. The van der Waals surface area contributed by atoms with Crippen LogP contribution in [0, 0.1) is 0 Å². The molecule has 1 aliphatic heterocycles. The molecule has 0 unspecified atom stereocenters. The monoisotopic (exact) mass is 225 g/mol. The van der Waals surface area contributed by atoms with Crippen molar-refractivity contribution in [3.8, 4) is 0 Å². The van der Waals surface area contributed by atoms with Gasteiger partial charge in [-0.2, -0.15) is 0 Å². The van der Waals surface area contributed by atoms with Gasteiger partial charge in [0.05, 0.1) is 13.2 Å². The number of benzene rings is 1. The first kappa shape index (κ1) is 10.2. The third-order valence-electron chi connectivity index (χ3n) is 2.91. The van der Waals surface area contributed by atoms with Gasteiger partial charge in [-0.1, -0.05) is 12.1 Å². The van der Waals surface area contributed by atoms with Gasteiger partial charge in [-0.15, -0.1) is 0 Å². The molecule has 1 aliphatic rings. The number of fused-ring (bicyclic) bond motifs is 1. The number of pyridine rings is 1. The highest BCUT2D eigenvalue weighted by Crippen LogP contribution is 2.22. The SMILES string of the molecule is O=C(c1cccnc1)c1ccc2c(c1)COC2. The quantitative estimate of drug-likeness (QED) is 0.736. The third-order valence-corrected chi connectivity index (χ3v) is 2.91. The van der Waals surface area contributed by atoms with Gasteiger partial charge in [0.2, 0.25) is 0 Å². The summed E-state index contributed by atoms with van der Waals surface area (Å²) >= 11 is 0. The van der Waals surface area contributed by atoms with Crippen molar-refractivity contribution in [2.45, 2.75) is 13.2 Å². The van der Waals surface area contributed by atoms with E-state index in [1.54, 1.807) is 24.5 Å². The number of ether oxygens (including phenoxy) is 1. The van der Waals surface area contributed by atoms with Gasteiger partial charge in [-0.05, 0) is 29.3 Å². The van der Waals surface area contributed by atoms with Crippen molar-refractivity contribution in [3.63, 3.8) is 0 Å². The van der Waals surface area contributed by atoms with Crippen molar-refractivity contribution in [1.29, 1.82) is 0 Å². The molecule has 3 rings (SSSR count). The average Bonchev–Trinajstić information content (AvgIpc) is 2.86. The van der Waals surface area contributed by atoms with Crippen LogP contribution in [-0.2, 0) is 18.0 Å². The van der Waals surface area contributed by atoms with Crippen molar-refractivity contribution in [2.24, 2.45) is 0 Å². The Morgan fingerprint density at radius 2 is 2.00 bits per heavy atom. The molecule has 0 aliphatic carbocycles. The molecule has 1 aromatic heterocycles. The Labute approximate surface area is 99.1 Å². The average molecular weight is 225 g/mol. The first-order chi connectivity index (χ1) is 8.34. The van der Waals surface area contributed by atoms with E-state index in [1.165, 1.54) is 5.56 Å². The zero-order chi connectivity index (χ0) is 11.7. The molecule has 3 heteroatoms. The lowest BCUT2D eigenvalue weighted by molar-refractivity contribution is 0.103. The van der Waals surface area contributed by atoms with E-state index in [2.05, 4.69) is 4.98 Å². The van der Waals surface area contributed by atoms with Crippen LogP contribution in [0.2, 0.25) is 0 Å². The van der Waals surface area contributed by atoms with E-state index in [0.717, 1.165) is 5.56 Å². The molecule has 0 saturated carbocycles. The van der Waals surface area contributed by atoms with Crippen LogP contribution >= 0.6 is 0 Å². The maximum atomic E-state index is 12.2. The Hall–Kier alpha value is -2.00. The summed E-state index contributed by atoms with van der Waals surface area (Å²) in [5, 5.41) is 0. The molecule has 0 spiro atoms. The van der Waals surface area contributed by atoms with Crippen LogP contribution in [0.1, 0.15) is 27.0 Å². The second kappa shape index (κ2) is 4.11. The zero-order valence-electron chi connectivity index (χ0n) is 9.22. The van der Waals surface area contributed by atoms with Crippen molar-refractivity contribution in [3.05, 3.63) is 65.0 Å². The zero-order valence-corrected chi connectivity index (χ0v) is 9.22. The largest absolute Gasteiger partial charge is 0.372 e. The van der Waals surface area contributed by atoms with E-state index in [1.807, 2.05) is 18.2 Å². The van der Waals surface area contributed by atoms with E-state index < -0.39 is 0 Å². The molecule has 84 valence electrons. The van der Waals surface area contributed by atoms with Gasteiger partial charge in [0.15, 0.2) is 5.78 Å². The lowest BCUT2D eigenvalue weighted by Gasteiger charge is -2.03. The molecule has 0 radical (unpaired) electrons. The van der Waals surface area contributed by atoms with Crippen LogP contribution in [0.15, 0.2) is 42.7 Å². The van der Waals surface area contributed by atoms with Gasteiger partial charge in [0, 0.05) is 23.5 Å². The molecule has 0 fully saturated rings. The van der Waals surface area contributed by atoms with E-state index in [0.29, 0.717) is 24.3 Å². The van der Waals surface area contributed by atoms with Crippen molar-refractivity contribution < 1.29 is 9.53 Å². The summed E-state index contributed by atoms with van der Waals surface area (Å²) in [7, 11) is 0. The molecule has 0 saturated heterocycles.